The van der Waals surface area contributed by atoms with Gasteiger partial charge < -0.3 is 4.74 Å². The molecule has 0 saturated heterocycles. The van der Waals surface area contributed by atoms with Crippen molar-refractivity contribution in [3.05, 3.63) is 33.1 Å². The van der Waals surface area contributed by atoms with E-state index in [-0.39, 0.29) is 0 Å². The van der Waals surface area contributed by atoms with Crippen molar-refractivity contribution >= 4 is 32.9 Å². The number of hydrogen-bond donors (Lipinski definition) is 0. The molecule has 0 spiro atoms. The molecule has 2 aromatic rings. The molecule has 2 rings (SSSR count). The van der Waals surface area contributed by atoms with Gasteiger partial charge in [0.2, 0.25) is 0 Å². The van der Waals surface area contributed by atoms with E-state index in [0.717, 1.165) is 9.57 Å². The van der Waals surface area contributed by atoms with E-state index in [9.17, 15) is 0 Å². The highest BCUT2D eigenvalue weighted by molar-refractivity contribution is 7.80. The molecular weight excluding hydrogens is 268 g/mol. The third-order valence-corrected chi connectivity index (χ3v) is 5.41. The van der Waals surface area contributed by atoms with Crippen LogP contribution in [0.1, 0.15) is 18.1 Å². The highest BCUT2D eigenvalue weighted by atomic mass is 32.9. The van der Waals surface area contributed by atoms with E-state index in [2.05, 4.69) is 32.0 Å². The third-order valence-electron chi connectivity index (χ3n) is 2.50. The van der Waals surface area contributed by atoms with Crippen molar-refractivity contribution in [2.75, 3.05) is 6.61 Å². The van der Waals surface area contributed by atoms with Crippen molar-refractivity contribution < 1.29 is 4.74 Å². The van der Waals surface area contributed by atoms with Crippen LogP contribution in [0.5, 0.6) is 5.75 Å². The average molecular weight is 282 g/mol. The van der Waals surface area contributed by atoms with Crippen molar-refractivity contribution in [2.45, 2.75) is 20.8 Å². The fourth-order valence-corrected chi connectivity index (χ4v) is 4.22. The van der Waals surface area contributed by atoms with Gasteiger partial charge in [0.15, 0.2) is 0 Å². The Kier molecular flexibility index (Phi) is 3.97. The maximum Gasteiger partial charge on any atom is 0.125 e. The molecule has 17 heavy (non-hydrogen) atoms. The van der Waals surface area contributed by atoms with Crippen LogP contribution in [-0.2, 0) is 0 Å². The van der Waals surface area contributed by atoms with E-state index in [1.54, 1.807) is 20.7 Å². The molecule has 0 amide bonds. The number of rotatable bonds is 3. The Morgan fingerprint density at radius 1 is 1.12 bits per heavy atom. The minimum Gasteiger partial charge on any atom is -0.493 e. The molecule has 0 saturated carbocycles. The van der Waals surface area contributed by atoms with E-state index in [1.807, 2.05) is 6.92 Å². The number of ether oxygens (including phenoxy) is 1. The van der Waals surface area contributed by atoms with Crippen LogP contribution in [0.3, 0.4) is 0 Å². The second-order valence-corrected chi connectivity index (χ2v) is 6.78. The molecule has 1 aromatic carbocycles. The smallest absolute Gasteiger partial charge is 0.125 e. The molecule has 1 aromatic heterocycles. The van der Waals surface area contributed by atoms with Gasteiger partial charge in [-0.15, -0.1) is 0 Å². The average Bonchev–Trinajstić information content (AvgIpc) is 2.70. The Morgan fingerprint density at radius 2 is 1.76 bits per heavy atom. The highest BCUT2D eigenvalue weighted by Gasteiger charge is 2.08. The molecule has 90 valence electrons. The fraction of sp³-hybridized carbons (Fsp3) is 0.308. The lowest BCUT2D eigenvalue weighted by molar-refractivity contribution is 0.335. The van der Waals surface area contributed by atoms with Gasteiger partial charge >= 0.3 is 0 Å². The summed E-state index contributed by atoms with van der Waals surface area (Å²) in [6.45, 7) is 6.90. The van der Waals surface area contributed by atoms with E-state index in [1.165, 1.54) is 21.6 Å². The number of benzene rings is 1. The van der Waals surface area contributed by atoms with E-state index in [0.29, 0.717) is 6.61 Å². The van der Waals surface area contributed by atoms with Gasteiger partial charge in [-0.25, -0.2) is 0 Å². The van der Waals surface area contributed by atoms with Crippen LogP contribution >= 0.6 is 32.9 Å². The molecule has 0 aliphatic heterocycles. The predicted octanol–water partition coefficient (Wildman–Crippen LogP) is 5.22. The zero-order valence-electron chi connectivity index (χ0n) is 10.1. The Hall–Kier alpha value is -0.710. The number of aryl methyl sites for hydroxylation is 2. The predicted molar refractivity (Wildman–Crippen MR) is 79.1 cm³/mol. The van der Waals surface area contributed by atoms with Crippen LogP contribution in [0.25, 0.3) is 10.4 Å². The standard InChI is InChI=1S/C13H14OS3/c1-4-14-13-8(2)5-10(6-9(13)3)11-7-12(15)17-16-11/h5-7H,4H2,1-3H3. The van der Waals surface area contributed by atoms with Crippen molar-refractivity contribution in [1.29, 1.82) is 0 Å². The highest BCUT2D eigenvalue weighted by Crippen LogP contribution is 2.34. The lowest BCUT2D eigenvalue weighted by atomic mass is 10.0. The Morgan fingerprint density at radius 3 is 2.24 bits per heavy atom. The van der Waals surface area contributed by atoms with Gasteiger partial charge in [0.05, 0.1) is 6.61 Å². The van der Waals surface area contributed by atoms with E-state index < -0.39 is 0 Å². The molecule has 0 radical (unpaired) electrons. The molecule has 0 unspecified atom stereocenters. The van der Waals surface area contributed by atoms with Gasteiger partial charge in [0, 0.05) is 4.88 Å². The second kappa shape index (κ2) is 5.29. The Balaban J connectivity index is 2.48. The molecule has 0 N–H and O–H groups in total. The normalized spacial score (nSPS) is 10.5. The first-order valence-electron chi connectivity index (χ1n) is 5.46. The van der Waals surface area contributed by atoms with Gasteiger partial charge in [-0.1, -0.05) is 32.9 Å². The molecule has 0 fully saturated rings. The third kappa shape index (κ3) is 2.76. The van der Waals surface area contributed by atoms with Crippen LogP contribution in [0.4, 0.5) is 0 Å². The van der Waals surface area contributed by atoms with Crippen LogP contribution in [-0.4, -0.2) is 6.61 Å². The first-order chi connectivity index (χ1) is 8.11. The molecule has 1 nitrogen and oxygen atoms in total. The number of hydrogen-bond acceptors (Lipinski definition) is 4. The fourth-order valence-electron chi connectivity index (χ4n) is 1.84. The summed E-state index contributed by atoms with van der Waals surface area (Å²) in [6.07, 6.45) is 0. The quantitative estimate of drug-likeness (QED) is 0.563. The van der Waals surface area contributed by atoms with Crippen molar-refractivity contribution in [1.82, 2.24) is 0 Å². The Bertz CT molecular complexity index is 557. The van der Waals surface area contributed by atoms with E-state index in [4.69, 9.17) is 17.0 Å². The van der Waals surface area contributed by atoms with Gasteiger partial charge in [-0.3, -0.25) is 0 Å². The maximum atomic E-state index is 5.65. The maximum absolute atomic E-state index is 5.65. The largest absolute Gasteiger partial charge is 0.493 e. The minimum atomic E-state index is 0.707. The van der Waals surface area contributed by atoms with Gasteiger partial charge in [0.25, 0.3) is 0 Å². The summed E-state index contributed by atoms with van der Waals surface area (Å²) in [6, 6.07) is 6.41. The summed E-state index contributed by atoms with van der Waals surface area (Å²) in [5, 5.41) is 0. The Labute approximate surface area is 114 Å². The van der Waals surface area contributed by atoms with Gasteiger partial charge in [-0.2, -0.15) is 0 Å². The lowest BCUT2D eigenvalue weighted by Gasteiger charge is -2.12. The summed E-state index contributed by atoms with van der Waals surface area (Å²) in [7, 11) is 3.39. The monoisotopic (exact) mass is 282 g/mol. The molecule has 0 atom stereocenters. The van der Waals surface area contributed by atoms with Crippen molar-refractivity contribution in [3.8, 4) is 16.2 Å². The molecule has 0 bridgehead atoms. The minimum absolute atomic E-state index is 0.707. The topological polar surface area (TPSA) is 9.23 Å². The molecule has 1 heterocycles. The van der Waals surface area contributed by atoms with E-state index >= 15 is 0 Å². The SMILES string of the molecule is CCOc1c(C)cc(-c2cc(=S)ss2)cc1C. The summed E-state index contributed by atoms with van der Waals surface area (Å²) in [5.74, 6) is 1.01. The summed E-state index contributed by atoms with van der Waals surface area (Å²) >= 11 is 5.17. The molecule has 4 heteroatoms. The second-order valence-electron chi connectivity index (χ2n) is 3.87. The molecule has 0 aliphatic rings. The van der Waals surface area contributed by atoms with Crippen LogP contribution in [0, 0.1) is 17.7 Å². The van der Waals surface area contributed by atoms with Crippen molar-refractivity contribution in [2.24, 2.45) is 0 Å². The zero-order chi connectivity index (χ0) is 12.4. The lowest BCUT2D eigenvalue weighted by Crippen LogP contribution is -1.96. The summed E-state index contributed by atoms with van der Waals surface area (Å²) < 4.78 is 6.60. The zero-order valence-corrected chi connectivity index (χ0v) is 12.5. The van der Waals surface area contributed by atoms with Crippen molar-refractivity contribution in [3.63, 3.8) is 0 Å². The van der Waals surface area contributed by atoms with Crippen LogP contribution < -0.4 is 4.74 Å². The van der Waals surface area contributed by atoms with Gasteiger partial charge in [0.1, 0.15) is 9.57 Å². The van der Waals surface area contributed by atoms with Crippen LogP contribution in [0.15, 0.2) is 18.2 Å². The summed E-state index contributed by atoms with van der Waals surface area (Å²) in [5.41, 5.74) is 3.61. The van der Waals surface area contributed by atoms with Gasteiger partial charge in [-0.05, 0) is 55.7 Å². The first-order valence-corrected chi connectivity index (χ1v) is 8.02. The molecule has 0 aliphatic carbocycles. The summed E-state index contributed by atoms with van der Waals surface area (Å²) in [4.78, 5) is 1.24. The molecular formula is C13H14OS3. The van der Waals surface area contributed by atoms with Crippen LogP contribution in [0.2, 0.25) is 0 Å². The first kappa shape index (κ1) is 12.7.